The number of hydrogen-bond acceptors (Lipinski definition) is 8. The smallest absolute Gasteiger partial charge is 0.744 e. The summed E-state index contributed by atoms with van der Waals surface area (Å²) in [6.07, 6.45) is 0. The molecule has 13 heteroatoms. The van der Waals surface area contributed by atoms with Crippen LogP contribution in [0.4, 0.5) is 11.4 Å². The van der Waals surface area contributed by atoms with Gasteiger partial charge in [0.15, 0.2) is 0 Å². The molecule has 0 amide bonds. The minimum Gasteiger partial charge on any atom is -0.744 e. The Labute approximate surface area is 197 Å². The van der Waals surface area contributed by atoms with Gasteiger partial charge >= 0.3 is 37.7 Å². The number of benzene rings is 2. The maximum absolute atomic E-state index is 10.7. The summed E-state index contributed by atoms with van der Waals surface area (Å²) < 4.78 is 64.0. The number of aryl methyl sites for hydroxylation is 2. The number of nitrogens with two attached hydrogens (primary N) is 2. The number of rotatable bonds is 2. The minimum atomic E-state index is -4.54. The summed E-state index contributed by atoms with van der Waals surface area (Å²) in [6.45, 7) is 3.25. The molecule has 0 heterocycles. The predicted molar refractivity (Wildman–Crippen MR) is 103 cm³/mol. The van der Waals surface area contributed by atoms with Crippen LogP contribution in [0.3, 0.4) is 0 Å². The Bertz CT molecular complexity index is 974. The van der Waals surface area contributed by atoms with Gasteiger partial charge in [-0.2, -0.15) is 0 Å². The molecule has 0 saturated heterocycles. The average Bonchev–Trinajstić information content (AvgIpc) is 2.45. The molecule has 4 N–H and O–H groups in total. The van der Waals surface area contributed by atoms with Crippen molar-refractivity contribution in [1.82, 2.24) is 0 Å². The first-order valence-electron chi connectivity index (χ1n) is 6.67. The SMILES string of the molecule is Cc1cc(Cl)c(N)c(S(=O)(=O)[O-])c1.Cc1cc(Cl)c(N)c(S(=O)(=O)[O-])c1.[Ca+2]. The minimum absolute atomic E-state index is 0. The van der Waals surface area contributed by atoms with Crippen LogP contribution in [0.1, 0.15) is 11.1 Å². The summed E-state index contributed by atoms with van der Waals surface area (Å²) in [6, 6.07) is 5.38. The van der Waals surface area contributed by atoms with E-state index in [1.807, 2.05) is 0 Å². The van der Waals surface area contributed by atoms with E-state index < -0.39 is 30.0 Å². The molecule has 0 aliphatic carbocycles. The van der Waals surface area contributed by atoms with Crippen molar-refractivity contribution in [2.24, 2.45) is 0 Å². The van der Waals surface area contributed by atoms with Crippen molar-refractivity contribution in [3.05, 3.63) is 45.4 Å². The van der Waals surface area contributed by atoms with Gasteiger partial charge in [0.2, 0.25) is 0 Å². The second-order valence-corrected chi connectivity index (χ2v) is 8.74. The summed E-state index contributed by atoms with van der Waals surface area (Å²) in [5.41, 5.74) is 11.4. The van der Waals surface area contributed by atoms with E-state index in [9.17, 15) is 25.9 Å². The average molecular weight is 481 g/mol. The normalized spacial score (nSPS) is 11.2. The second kappa shape index (κ2) is 9.95. The monoisotopic (exact) mass is 480 g/mol. The summed E-state index contributed by atoms with van der Waals surface area (Å²) in [7, 11) is -9.08. The van der Waals surface area contributed by atoms with Crippen LogP contribution >= 0.6 is 23.2 Å². The van der Waals surface area contributed by atoms with E-state index in [1.54, 1.807) is 13.8 Å². The van der Waals surface area contributed by atoms with Crippen LogP contribution in [0.25, 0.3) is 0 Å². The zero-order chi connectivity index (χ0) is 20.4. The van der Waals surface area contributed by atoms with E-state index >= 15 is 0 Å². The van der Waals surface area contributed by atoms with E-state index in [1.165, 1.54) is 24.3 Å². The summed E-state index contributed by atoms with van der Waals surface area (Å²) in [4.78, 5) is -0.921. The standard InChI is InChI=1S/2C7H8ClNO3S.Ca/c2*1-4-2-5(8)7(9)6(3-4)13(10,11)12;/h2*2-3H,9H2,1H3,(H,10,11,12);/q;;+2/p-2. The van der Waals surface area contributed by atoms with Gasteiger partial charge in [-0.1, -0.05) is 23.2 Å². The maximum Gasteiger partial charge on any atom is 2.00 e. The van der Waals surface area contributed by atoms with Gasteiger partial charge in [0.1, 0.15) is 20.2 Å². The molecule has 0 radical (unpaired) electrons. The molecule has 0 bridgehead atoms. The molecule has 0 aromatic heterocycles. The fraction of sp³-hybridized carbons (Fsp3) is 0.143. The zero-order valence-corrected chi connectivity index (χ0v) is 19.5. The molecule has 0 aliphatic heterocycles. The third-order valence-corrected chi connectivity index (χ3v) is 5.39. The number of anilines is 2. The van der Waals surface area contributed by atoms with Gasteiger partial charge in [-0.15, -0.1) is 0 Å². The Morgan fingerprint density at radius 1 is 0.741 bits per heavy atom. The van der Waals surface area contributed by atoms with Crippen molar-refractivity contribution in [2.75, 3.05) is 11.5 Å². The van der Waals surface area contributed by atoms with E-state index in [0.717, 1.165) is 0 Å². The second-order valence-electron chi connectivity index (χ2n) is 5.23. The van der Waals surface area contributed by atoms with Crippen molar-refractivity contribution < 1.29 is 25.9 Å². The van der Waals surface area contributed by atoms with Crippen LogP contribution in [-0.2, 0) is 20.2 Å². The number of halogens is 2. The van der Waals surface area contributed by atoms with E-state index in [0.29, 0.717) is 11.1 Å². The van der Waals surface area contributed by atoms with Crippen LogP contribution in [0.2, 0.25) is 10.0 Å². The topological polar surface area (TPSA) is 166 Å². The first-order chi connectivity index (χ1) is 11.6. The molecule has 0 saturated carbocycles. The van der Waals surface area contributed by atoms with Gasteiger partial charge < -0.3 is 20.6 Å². The molecule has 0 atom stereocenters. The van der Waals surface area contributed by atoms with Gasteiger partial charge in [-0.3, -0.25) is 0 Å². The van der Waals surface area contributed by atoms with Crippen LogP contribution in [0, 0.1) is 13.8 Å². The summed E-state index contributed by atoms with van der Waals surface area (Å²) in [5, 5.41) is 0.156. The Morgan fingerprint density at radius 2 is 1.00 bits per heavy atom. The Hall–Kier alpha value is -0.300. The van der Waals surface area contributed by atoms with Gasteiger partial charge in [0, 0.05) is 0 Å². The van der Waals surface area contributed by atoms with E-state index in [-0.39, 0.29) is 59.2 Å². The summed E-state index contributed by atoms with van der Waals surface area (Å²) >= 11 is 11.2. The summed E-state index contributed by atoms with van der Waals surface area (Å²) in [5.74, 6) is 0. The van der Waals surface area contributed by atoms with Crippen molar-refractivity contribution in [3.8, 4) is 0 Å². The van der Waals surface area contributed by atoms with Gasteiger partial charge in [0.25, 0.3) is 0 Å². The fourth-order valence-corrected chi connectivity index (χ4v) is 3.94. The van der Waals surface area contributed by atoms with E-state index in [4.69, 9.17) is 34.7 Å². The van der Waals surface area contributed by atoms with E-state index in [2.05, 4.69) is 0 Å². The quantitative estimate of drug-likeness (QED) is 0.373. The van der Waals surface area contributed by atoms with Gasteiger partial charge in [-0.05, 0) is 49.2 Å². The molecule has 2 aromatic carbocycles. The Kier molecular flexibility index (Phi) is 9.84. The molecule has 0 spiro atoms. The van der Waals surface area contributed by atoms with Gasteiger partial charge in [-0.25, -0.2) is 16.8 Å². The zero-order valence-electron chi connectivity index (χ0n) is 14.2. The largest absolute Gasteiger partial charge is 2.00 e. The number of nitrogen functional groups attached to an aromatic ring is 2. The molecule has 0 fully saturated rings. The molecule has 144 valence electrons. The Balaban J connectivity index is 0.000000483. The number of hydrogen-bond donors (Lipinski definition) is 2. The third-order valence-electron chi connectivity index (χ3n) is 3.01. The van der Waals surface area contributed by atoms with Crippen LogP contribution in [0.15, 0.2) is 34.1 Å². The fourth-order valence-electron chi connectivity index (χ4n) is 1.86. The van der Waals surface area contributed by atoms with Crippen LogP contribution in [0.5, 0.6) is 0 Å². The molecule has 2 aromatic rings. The molecular formula is C14H14CaCl2N2O6S2. The molecule has 8 nitrogen and oxygen atoms in total. The maximum atomic E-state index is 10.7. The van der Waals surface area contributed by atoms with Crippen LogP contribution < -0.4 is 11.5 Å². The Morgan fingerprint density at radius 3 is 1.22 bits per heavy atom. The molecular weight excluding hydrogens is 467 g/mol. The van der Waals surface area contributed by atoms with Crippen molar-refractivity contribution in [3.63, 3.8) is 0 Å². The first kappa shape index (κ1) is 26.7. The first-order valence-corrected chi connectivity index (χ1v) is 10.2. The van der Waals surface area contributed by atoms with Crippen molar-refractivity contribution >= 4 is 92.6 Å². The van der Waals surface area contributed by atoms with Crippen LogP contribution in [-0.4, -0.2) is 63.7 Å². The molecule has 27 heavy (non-hydrogen) atoms. The molecule has 0 unspecified atom stereocenters. The van der Waals surface area contributed by atoms with Crippen molar-refractivity contribution in [2.45, 2.75) is 23.6 Å². The van der Waals surface area contributed by atoms with Crippen molar-refractivity contribution in [1.29, 1.82) is 0 Å². The predicted octanol–water partition coefficient (Wildman–Crippen LogP) is 1.89. The van der Waals surface area contributed by atoms with Gasteiger partial charge in [0.05, 0.1) is 31.2 Å². The third kappa shape index (κ3) is 7.56. The molecule has 2 rings (SSSR count). The molecule has 0 aliphatic rings.